The average Bonchev–Trinajstić information content (AvgIpc) is 3.04. The van der Waals surface area contributed by atoms with Crippen LogP contribution in [0.1, 0.15) is 28.8 Å². The third kappa shape index (κ3) is 3.30. The van der Waals surface area contributed by atoms with Crippen molar-refractivity contribution in [2.45, 2.75) is 18.5 Å². The third-order valence-corrected chi connectivity index (χ3v) is 5.13. The van der Waals surface area contributed by atoms with Crippen LogP contribution in [0.25, 0.3) is 0 Å². The Morgan fingerprint density at radius 3 is 2.56 bits per heavy atom. The summed E-state index contributed by atoms with van der Waals surface area (Å²) in [5.74, 6) is 0.489. The zero-order chi connectivity index (χ0) is 18.9. The summed E-state index contributed by atoms with van der Waals surface area (Å²) in [6.07, 6.45) is 1.20. The Morgan fingerprint density at radius 2 is 1.85 bits per heavy atom. The summed E-state index contributed by atoms with van der Waals surface area (Å²) >= 11 is 0. The van der Waals surface area contributed by atoms with Crippen molar-refractivity contribution in [1.82, 2.24) is 10.2 Å². The second-order valence-electron chi connectivity index (χ2n) is 6.84. The van der Waals surface area contributed by atoms with Crippen LogP contribution < -0.4 is 10.1 Å². The van der Waals surface area contributed by atoms with Crippen molar-refractivity contribution in [3.63, 3.8) is 0 Å². The predicted molar refractivity (Wildman–Crippen MR) is 102 cm³/mol. The first-order valence-electron chi connectivity index (χ1n) is 9.01. The van der Waals surface area contributed by atoms with E-state index in [1.807, 2.05) is 47.4 Å². The van der Waals surface area contributed by atoms with Crippen LogP contribution in [0.3, 0.4) is 0 Å². The molecule has 0 atom stereocenters. The van der Waals surface area contributed by atoms with Crippen LogP contribution in [0.5, 0.6) is 5.75 Å². The van der Waals surface area contributed by atoms with E-state index in [1.54, 1.807) is 19.2 Å². The highest BCUT2D eigenvalue weighted by molar-refractivity contribution is 6.46. The Morgan fingerprint density at radius 1 is 1.11 bits per heavy atom. The smallest absolute Gasteiger partial charge is 0.272 e. The van der Waals surface area contributed by atoms with Crippen molar-refractivity contribution < 1.29 is 14.3 Å². The lowest BCUT2D eigenvalue weighted by molar-refractivity contribution is -0.115. The van der Waals surface area contributed by atoms with Crippen molar-refractivity contribution >= 4 is 17.5 Å². The number of methoxy groups -OCH3 is 1. The van der Waals surface area contributed by atoms with Crippen LogP contribution in [0, 0.1) is 0 Å². The molecule has 6 nitrogen and oxygen atoms in total. The Labute approximate surface area is 157 Å². The second-order valence-corrected chi connectivity index (χ2v) is 6.84. The summed E-state index contributed by atoms with van der Waals surface area (Å²) in [4.78, 5) is 31.7. The van der Waals surface area contributed by atoms with Crippen LogP contribution in [-0.2, 0) is 4.79 Å². The van der Waals surface area contributed by atoms with Crippen LogP contribution in [0.2, 0.25) is 0 Å². The molecule has 0 radical (unpaired) electrons. The van der Waals surface area contributed by atoms with Crippen LogP contribution in [0.4, 0.5) is 0 Å². The van der Waals surface area contributed by atoms with E-state index in [1.165, 1.54) is 0 Å². The molecule has 2 aliphatic heterocycles. The van der Waals surface area contributed by atoms with Gasteiger partial charge >= 0.3 is 0 Å². The average molecular weight is 363 g/mol. The van der Waals surface area contributed by atoms with Gasteiger partial charge in [0.05, 0.1) is 7.11 Å². The van der Waals surface area contributed by atoms with Crippen molar-refractivity contribution in [1.29, 1.82) is 0 Å². The molecule has 1 saturated heterocycles. The third-order valence-electron chi connectivity index (χ3n) is 5.13. The Bertz CT molecular complexity index is 900. The van der Waals surface area contributed by atoms with Gasteiger partial charge in [0, 0.05) is 37.1 Å². The number of carbonyl (C=O) groups is 2. The van der Waals surface area contributed by atoms with Crippen LogP contribution in [-0.4, -0.2) is 48.3 Å². The Kier molecular flexibility index (Phi) is 4.39. The maximum absolute atomic E-state index is 12.8. The summed E-state index contributed by atoms with van der Waals surface area (Å²) < 4.78 is 5.20. The topological polar surface area (TPSA) is 71.0 Å². The molecule has 138 valence electrons. The predicted octanol–water partition coefficient (Wildman–Crippen LogP) is 2.25. The van der Waals surface area contributed by atoms with Gasteiger partial charge in [-0.05, 0) is 18.2 Å². The van der Waals surface area contributed by atoms with Gasteiger partial charge in [0.25, 0.3) is 11.8 Å². The van der Waals surface area contributed by atoms with Crippen molar-refractivity contribution in [2.75, 3.05) is 20.2 Å². The number of benzene rings is 2. The number of likely N-dealkylation sites (tertiary alicyclic amines) is 1. The molecule has 0 bridgehead atoms. The monoisotopic (exact) mass is 363 g/mol. The van der Waals surface area contributed by atoms with Crippen molar-refractivity contribution in [3.05, 3.63) is 65.7 Å². The van der Waals surface area contributed by atoms with E-state index < -0.39 is 5.66 Å². The van der Waals surface area contributed by atoms with Crippen molar-refractivity contribution in [3.8, 4) is 5.75 Å². The molecule has 4 rings (SSSR count). The first-order chi connectivity index (χ1) is 13.1. The molecular formula is C21H21N3O3. The van der Waals surface area contributed by atoms with E-state index >= 15 is 0 Å². The fraction of sp³-hybridized carbons (Fsp3) is 0.286. The molecule has 1 spiro atoms. The van der Waals surface area contributed by atoms with E-state index in [0.717, 1.165) is 5.56 Å². The molecule has 0 aliphatic carbocycles. The summed E-state index contributed by atoms with van der Waals surface area (Å²) in [5.41, 5.74) is 1.30. The van der Waals surface area contributed by atoms with Gasteiger partial charge in [-0.15, -0.1) is 0 Å². The largest absolute Gasteiger partial charge is 0.497 e. The quantitative estimate of drug-likeness (QED) is 0.909. The van der Waals surface area contributed by atoms with E-state index in [4.69, 9.17) is 9.73 Å². The number of piperidine rings is 1. The summed E-state index contributed by atoms with van der Waals surface area (Å²) in [5, 5.41) is 3.03. The highest BCUT2D eigenvalue weighted by Gasteiger charge is 2.42. The van der Waals surface area contributed by atoms with Crippen molar-refractivity contribution in [2.24, 2.45) is 4.99 Å². The summed E-state index contributed by atoms with van der Waals surface area (Å²) in [6.45, 7) is 1.09. The van der Waals surface area contributed by atoms with Crippen LogP contribution in [0.15, 0.2) is 59.6 Å². The highest BCUT2D eigenvalue weighted by atomic mass is 16.5. The van der Waals surface area contributed by atoms with Gasteiger partial charge in [-0.2, -0.15) is 0 Å². The van der Waals surface area contributed by atoms with E-state index in [0.29, 0.717) is 43.0 Å². The van der Waals surface area contributed by atoms with Gasteiger partial charge in [-0.25, -0.2) is 0 Å². The van der Waals surface area contributed by atoms with Gasteiger partial charge in [-0.3, -0.25) is 14.6 Å². The molecule has 0 saturated carbocycles. The zero-order valence-electron chi connectivity index (χ0n) is 15.1. The SMILES string of the molecule is COc1cccc(C(=O)N2CCC3(CC2)N=C(c2ccccc2)C(=O)N3)c1. The standard InChI is InChI=1S/C21H21N3O3/c1-27-17-9-5-8-16(14-17)20(26)24-12-10-21(11-13-24)22-18(19(25)23-21)15-6-3-2-4-7-15/h2-9,14H,10-13H2,1H3,(H,23,25). The number of hydrogen-bond donors (Lipinski definition) is 1. The molecular weight excluding hydrogens is 342 g/mol. The number of rotatable bonds is 3. The van der Waals surface area contributed by atoms with Gasteiger partial charge in [0.15, 0.2) is 0 Å². The van der Waals surface area contributed by atoms with E-state index in [9.17, 15) is 9.59 Å². The molecule has 2 amide bonds. The maximum Gasteiger partial charge on any atom is 0.272 e. The van der Waals surface area contributed by atoms with E-state index in [2.05, 4.69) is 5.32 Å². The minimum atomic E-state index is -0.604. The lowest BCUT2D eigenvalue weighted by Crippen LogP contribution is -2.52. The zero-order valence-corrected chi connectivity index (χ0v) is 15.1. The Balaban J connectivity index is 1.48. The van der Waals surface area contributed by atoms with E-state index in [-0.39, 0.29) is 11.8 Å². The minimum Gasteiger partial charge on any atom is -0.497 e. The number of aliphatic imine (C=N–C) groups is 1. The molecule has 0 unspecified atom stereocenters. The number of carbonyl (C=O) groups excluding carboxylic acids is 2. The lowest BCUT2D eigenvalue weighted by Gasteiger charge is -2.37. The lowest BCUT2D eigenvalue weighted by atomic mass is 9.97. The van der Waals surface area contributed by atoms with Crippen LogP contribution >= 0.6 is 0 Å². The minimum absolute atomic E-state index is 0.0275. The first kappa shape index (κ1) is 17.3. The molecule has 1 N–H and O–H groups in total. The molecule has 2 aromatic carbocycles. The molecule has 1 fully saturated rings. The molecule has 0 aromatic heterocycles. The summed E-state index contributed by atoms with van der Waals surface area (Å²) in [6, 6.07) is 16.6. The Hall–Kier alpha value is -3.15. The van der Waals surface area contributed by atoms with Gasteiger partial charge in [0.2, 0.25) is 0 Å². The fourth-order valence-electron chi connectivity index (χ4n) is 3.61. The first-order valence-corrected chi connectivity index (χ1v) is 9.01. The summed E-state index contributed by atoms with van der Waals surface area (Å²) in [7, 11) is 1.58. The fourth-order valence-corrected chi connectivity index (χ4v) is 3.61. The highest BCUT2D eigenvalue weighted by Crippen LogP contribution is 2.29. The number of nitrogens with one attached hydrogen (secondary N) is 1. The second kappa shape index (κ2) is 6.87. The van der Waals surface area contributed by atoms with Gasteiger partial charge < -0.3 is 15.0 Å². The van der Waals surface area contributed by atoms with Gasteiger partial charge in [-0.1, -0.05) is 36.4 Å². The molecule has 27 heavy (non-hydrogen) atoms. The molecule has 2 heterocycles. The molecule has 2 aliphatic rings. The number of nitrogens with zero attached hydrogens (tertiary/aromatic N) is 2. The van der Waals surface area contributed by atoms with Gasteiger partial charge in [0.1, 0.15) is 17.1 Å². The number of hydrogen-bond acceptors (Lipinski definition) is 4. The maximum atomic E-state index is 12.8. The molecule has 2 aromatic rings. The number of ether oxygens (including phenoxy) is 1. The number of amides is 2. The normalized spacial score (nSPS) is 18.2. The molecule has 6 heteroatoms.